The van der Waals surface area contributed by atoms with Crippen molar-refractivity contribution >= 4 is 24.1 Å². The van der Waals surface area contributed by atoms with E-state index in [4.69, 9.17) is 5.11 Å². The van der Waals surface area contributed by atoms with Crippen LogP contribution in [-0.4, -0.2) is 35.9 Å². The topological polar surface area (TPSA) is 88.5 Å². The summed E-state index contributed by atoms with van der Waals surface area (Å²) in [7, 11) is 0. The van der Waals surface area contributed by atoms with Gasteiger partial charge in [0, 0.05) is 19.4 Å². The van der Waals surface area contributed by atoms with Gasteiger partial charge in [-0.3, -0.25) is 9.59 Å². The number of Topliss-reactive ketones (excluding diaryl/α,β-unsaturated/α-hetero) is 2. The molecule has 1 N–H and O–H groups in total. The van der Waals surface area contributed by atoms with Crippen LogP contribution in [0.5, 0.6) is 0 Å². The number of aldehydes is 2. The molecule has 0 spiro atoms. The Kier molecular flexibility index (Phi) is 9.96. The van der Waals surface area contributed by atoms with Crippen LogP contribution in [0.3, 0.4) is 0 Å². The zero-order valence-corrected chi connectivity index (χ0v) is 10.5. The molecule has 0 rings (SSSR count). The molecule has 18 heavy (non-hydrogen) atoms. The quantitative estimate of drug-likeness (QED) is 0.242. The molecule has 0 aliphatic heterocycles. The minimum atomic E-state index is -0.549. The number of aliphatic hydroxyl groups is 1. The monoisotopic (exact) mass is 256 g/mol. The van der Waals surface area contributed by atoms with E-state index in [1.54, 1.807) is 0 Å². The molecule has 102 valence electrons. The smallest absolute Gasteiger partial charge is 0.198 e. The Morgan fingerprint density at radius 3 is 1.94 bits per heavy atom. The molecule has 0 aromatic carbocycles. The van der Waals surface area contributed by atoms with Crippen molar-refractivity contribution in [1.29, 1.82) is 0 Å². The van der Waals surface area contributed by atoms with Gasteiger partial charge in [0.15, 0.2) is 11.6 Å². The normalized spacial score (nSPS) is 10.3. The van der Waals surface area contributed by atoms with Crippen LogP contribution in [0.1, 0.15) is 44.9 Å². The zero-order valence-electron chi connectivity index (χ0n) is 10.5. The molecule has 0 radical (unpaired) electrons. The van der Waals surface area contributed by atoms with Gasteiger partial charge in [0.05, 0.1) is 5.92 Å². The van der Waals surface area contributed by atoms with Crippen molar-refractivity contribution in [2.75, 3.05) is 6.61 Å². The van der Waals surface area contributed by atoms with Crippen LogP contribution in [0, 0.1) is 5.92 Å². The number of rotatable bonds is 12. The number of aliphatic hydroxyl groups excluding tert-OH is 1. The van der Waals surface area contributed by atoms with Crippen LogP contribution >= 0.6 is 0 Å². The van der Waals surface area contributed by atoms with Crippen molar-refractivity contribution < 1.29 is 24.3 Å². The molecule has 0 saturated heterocycles. The summed E-state index contributed by atoms with van der Waals surface area (Å²) in [5.41, 5.74) is 0. The van der Waals surface area contributed by atoms with Crippen LogP contribution in [0.2, 0.25) is 0 Å². The molecule has 0 fully saturated rings. The first-order chi connectivity index (χ1) is 8.65. The Morgan fingerprint density at radius 1 is 0.889 bits per heavy atom. The summed E-state index contributed by atoms with van der Waals surface area (Å²) < 4.78 is 0. The van der Waals surface area contributed by atoms with Gasteiger partial charge in [-0.2, -0.15) is 0 Å². The molecule has 0 aliphatic rings. The van der Waals surface area contributed by atoms with E-state index in [2.05, 4.69) is 0 Å². The second kappa shape index (κ2) is 10.8. The lowest BCUT2D eigenvalue weighted by molar-refractivity contribution is -0.136. The Hall–Kier alpha value is -1.36. The van der Waals surface area contributed by atoms with Crippen molar-refractivity contribution in [3.63, 3.8) is 0 Å². The third-order valence-corrected chi connectivity index (χ3v) is 2.66. The molecule has 0 atom stereocenters. The average molecular weight is 256 g/mol. The number of carbonyl (C=O) groups is 4. The Bertz CT molecular complexity index is 277. The molecular formula is C13H20O5. The van der Waals surface area contributed by atoms with Crippen LogP contribution < -0.4 is 0 Å². The van der Waals surface area contributed by atoms with Gasteiger partial charge in [-0.25, -0.2) is 0 Å². The second-order valence-electron chi connectivity index (χ2n) is 4.21. The first kappa shape index (κ1) is 16.6. The maximum absolute atomic E-state index is 11.3. The van der Waals surface area contributed by atoms with Crippen molar-refractivity contribution in [2.24, 2.45) is 5.92 Å². The third-order valence-electron chi connectivity index (χ3n) is 2.66. The number of hydrogen-bond acceptors (Lipinski definition) is 5. The second-order valence-corrected chi connectivity index (χ2v) is 4.21. The number of ketones is 2. The summed E-state index contributed by atoms with van der Waals surface area (Å²) in [6, 6.07) is 0. The van der Waals surface area contributed by atoms with Crippen LogP contribution in [0.4, 0.5) is 0 Å². The minimum Gasteiger partial charge on any atom is -0.396 e. The lowest BCUT2D eigenvalue weighted by Gasteiger charge is -2.02. The molecule has 0 bridgehead atoms. The summed E-state index contributed by atoms with van der Waals surface area (Å²) in [4.78, 5) is 43.2. The Labute approximate surface area is 107 Å². The van der Waals surface area contributed by atoms with Crippen molar-refractivity contribution in [1.82, 2.24) is 0 Å². The van der Waals surface area contributed by atoms with E-state index in [0.717, 1.165) is 6.42 Å². The summed E-state index contributed by atoms with van der Waals surface area (Å²) in [5.74, 6) is -1.37. The van der Waals surface area contributed by atoms with Gasteiger partial charge in [-0.05, 0) is 19.3 Å². The van der Waals surface area contributed by atoms with Crippen molar-refractivity contribution in [3.05, 3.63) is 0 Å². The summed E-state index contributed by atoms with van der Waals surface area (Å²) in [5, 5.41) is 8.52. The molecule has 5 heteroatoms. The lowest BCUT2D eigenvalue weighted by atomic mass is 10.0. The molecule has 0 saturated carbocycles. The minimum absolute atomic E-state index is 0.0855. The van der Waals surface area contributed by atoms with Crippen molar-refractivity contribution in [3.8, 4) is 0 Å². The van der Waals surface area contributed by atoms with E-state index in [1.807, 2.05) is 0 Å². The fourth-order valence-corrected chi connectivity index (χ4v) is 1.53. The standard InChI is InChI=1S/C13H20O5/c14-8-4-7-13(18)12(17)6-3-1-2-5-11(9-15)10-16/h9-11,14H,1-8H2. The summed E-state index contributed by atoms with van der Waals surface area (Å²) in [6.07, 6.45) is 4.38. The first-order valence-electron chi connectivity index (χ1n) is 6.23. The highest BCUT2D eigenvalue weighted by Gasteiger charge is 2.12. The van der Waals surface area contributed by atoms with E-state index < -0.39 is 17.5 Å². The maximum Gasteiger partial charge on any atom is 0.198 e. The summed E-state index contributed by atoms with van der Waals surface area (Å²) in [6.45, 7) is -0.0855. The highest BCUT2D eigenvalue weighted by atomic mass is 16.3. The van der Waals surface area contributed by atoms with Crippen LogP contribution in [0.25, 0.3) is 0 Å². The van der Waals surface area contributed by atoms with Gasteiger partial charge in [-0.1, -0.05) is 12.8 Å². The molecular weight excluding hydrogens is 236 g/mol. The predicted molar refractivity (Wildman–Crippen MR) is 65.0 cm³/mol. The molecule has 5 nitrogen and oxygen atoms in total. The highest BCUT2D eigenvalue weighted by molar-refractivity contribution is 6.37. The maximum atomic E-state index is 11.3. The molecule has 0 aromatic rings. The van der Waals surface area contributed by atoms with E-state index in [0.29, 0.717) is 38.3 Å². The van der Waals surface area contributed by atoms with Gasteiger partial charge in [0.25, 0.3) is 0 Å². The third kappa shape index (κ3) is 7.84. The van der Waals surface area contributed by atoms with Crippen LogP contribution in [-0.2, 0) is 19.2 Å². The van der Waals surface area contributed by atoms with Crippen LogP contribution in [0.15, 0.2) is 0 Å². The Morgan fingerprint density at radius 2 is 1.44 bits per heavy atom. The van der Waals surface area contributed by atoms with Gasteiger partial charge in [0.1, 0.15) is 12.6 Å². The fourth-order valence-electron chi connectivity index (χ4n) is 1.53. The van der Waals surface area contributed by atoms with Gasteiger partial charge >= 0.3 is 0 Å². The van der Waals surface area contributed by atoms with Gasteiger partial charge in [-0.15, -0.1) is 0 Å². The SMILES string of the molecule is O=CC(C=O)CCCCCC(=O)C(=O)CCCO. The fraction of sp³-hybridized carbons (Fsp3) is 0.692. The van der Waals surface area contributed by atoms with E-state index >= 15 is 0 Å². The Balaban J connectivity index is 3.59. The van der Waals surface area contributed by atoms with Gasteiger partial charge in [0.2, 0.25) is 0 Å². The number of carbonyl (C=O) groups excluding carboxylic acids is 4. The average Bonchev–Trinajstić information content (AvgIpc) is 2.39. The largest absolute Gasteiger partial charge is 0.396 e. The van der Waals surface area contributed by atoms with Gasteiger partial charge < -0.3 is 14.7 Å². The molecule has 0 aliphatic carbocycles. The molecule has 0 unspecified atom stereocenters. The molecule has 0 heterocycles. The lowest BCUT2D eigenvalue weighted by Crippen LogP contribution is -2.13. The molecule has 0 amide bonds. The molecule has 0 aromatic heterocycles. The highest BCUT2D eigenvalue weighted by Crippen LogP contribution is 2.08. The van der Waals surface area contributed by atoms with E-state index in [9.17, 15) is 19.2 Å². The zero-order chi connectivity index (χ0) is 13.8. The van der Waals surface area contributed by atoms with Crippen molar-refractivity contribution in [2.45, 2.75) is 44.9 Å². The predicted octanol–water partition coefficient (Wildman–Crippen LogP) is 0.862. The summed E-state index contributed by atoms with van der Waals surface area (Å²) >= 11 is 0. The first-order valence-corrected chi connectivity index (χ1v) is 6.23. The number of unbranched alkanes of at least 4 members (excludes halogenated alkanes) is 2. The number of hydrogen-bond donors (Lipinski definition) is 1. The van der Waals surface area contributed by atoms with E-state index in [-0.39, 0.29) is 19.4 Å². The van der Waals surface area contributed by atoms with E-state index in [1.165, 1.54) is 0 Å².